The molecular weight excluding hydrogens is 388 g/mol. The molecule has 158 valence electrons. The molecule has 3 aromatic rings. The third-order valence-electron chi connectivity index (χ3n) is 5.26. The molecule has 0 saturated carbocycles. The highest BCUT2D eigenvalue weighted by atomic mass is 16.6. The Morgan fingerprint density at radius 3 is 2.57 bits per heavy atom. The van der Waals surface area contributed by atoms with Gasteiger partial charge in [-0.25, -0.2) is 14.1 Å². The van der Waals surface area contributed by atoms with Gasteiger partial charge < -0.3 is 19.7 Å². The first-order valence-corrected chi connectivity index (χ1v) is 9.90. The summed E-state index contributed by atoms with van der Waals surface area (Å²) in [5, 5.41) is 14.5. The first kappa shape index (κ1) is 19.9. The van der Waals surface area contributed by atoms with Crippen molar-refractivity contribution >= 4 is 28.6 Å². The van der Waals surface area contributed by atoms with Gasteiger partial charge in [0, 0.05) is 25.1 Å². The van der Waals surface area contributed by atoms with Crippen molar-refractivity contribution in [2.75, 3.05) is 13.1 Å². The second-order valence-corrected chi connectivity index (χ2v) is 8.57. The topological polar surface area (TPSA) is 117 Å². The Morgan fingerprint density at radius 1 is 1.23 bits per heavy atom. The molecule has 9 nitrogen and oxygen atoms in total. The fraction of sp³-hybridized carbons (Fsp3) is 0.429. The Kier molecular flexibility index (Phi) is 4.76. The van der Waals surface area contributed by atoms with E-state index in [1.165, 1.54) is 12.1 Å². The quantitative estimate of drug-likeness (QED) is 0.668. The van der Waals surface area contributed by atoms with Gasteiger partial charge in [-0.3, -0.25) is 4.79 Å². The van der Waals surface area contributed by atoms with E-state index in [0.29, 0.717) is 48.2 Å². The van der Waals surface area contributed by atoms with Crippen molar-refractivity contribution in [1.29, 1.82) is 0 Å². The number of carboxylic acid groups (broad SMARTS) is 1. The molecule has 1 aromatic carbocycles. The molecule has 3 heterocycles. The minimum atomic E-state index is -1.08. The maximum atomic E-state index is 12.4. The van der Waals surface area contributed by atoms with Crippen molar-refractivity contribution in [3.63, 3.8) is 0 Å². The van der Waals surface area contributed by atoms with Gasteiger partial charge in [-0.15, -0.1) is 0 Å². The van der Waals surface area contributed by atoms with Crippen LogP contribution in [0.3, 0.4) is 0 Å². The standard InChI is InChI=1S/C21H24N4O5/c1-21(2,3)30-20(29)24-9-7-12(8-10-24)15-11-16(26)22-18-17-13(19(27)28)5-4-6-14(17)23-25(15)18/h4-6,11-12H,7-10H2,1-3H3,(H,22,26)(H,27,28). The highest BCUT2D eigenvalue weighted by Crippen LogP contribution is 2.30. The highest BCUT2D eigenvalue weighted by Gasteiger charge is 2.29. The van der Waals surface area contributed by atoms with Crippen LogP contribution in [-0.4, -0.2) is 55.4 Å². The van der Waals surface area contributed by atoms with Crippen LogP contribution in [-0.2, 0) is 4.74 Å². The van der Waals surface area contributed by atoms with Crippen LogP contribution in [0.25, 0.3) is 16.6 Å². The lowest BCUT2D eigenvalue weighted by Crippen LogP contribution is -2.41. The number of fused-ring (bicyclic) bond motifs is 3. The van der Waals surface area contributed by atoms with E-state index in [1.54, 1.807) is 21.5 Å². The first-order valence-electron chi connectivity index (χ1n) is 9.90. The molecule has 0 spiro atoms. The Labute approximate surface area is 172 Å². The van der Waals surface area contributed by atoms with Crippen molar-refractivity contribution in [1.82, 2.24) is 19.5 Å². The van der Waals surface area contributed by atoms with E-state index in [-0.39, 0.29) is 23.1 Å². The number of aromatic carboxylic acids is 1. The van der Waals surface area contributed by atoms with E-state index >= 15 is 0 Å². The van der Waals surface area contributed by atoms with Gasteiger partial charge in [0.15, 0.2) is 0 Å². The molecule has 0 radical (unpaired) electrons. The fourth-order valence-corrected chi connectivity index (χ4v) is 3.94. The smallest absolute Gasteiger partial charge is 0.410 e. The van der Waals surface area contributed by atoms with Gasteiger partial charge in [0.2, 0.25) is 0 Å². The molecule has 0 bridgehead atoms. The molecule has 1 aliphatic heterocycles. The number of carboxylic acids is 1. The summed E-state index contributed by atoms with van der Waals surface area (Å²) in [4.78, 5) is 40.7. The molecule has 1 fully saturated rings. The van der Waals surface area contributed by atoms with Gasteiger partial charge in [-0.05, 0) is 45.7 Å². The third kappa shape index (κ3) is 3.62. The molecule has 2 aromatic heterocycles. The lowest BCUT2D eigenvalue weighted by molar-refractivity contribution is 0.0203. The number of carbonyl (C=O) groups is 2. The molecular formula is C21H24N4O5. The predicted molar refractivity (Wildman–Crippen MR) is 110 cm³/mol. The Hall–Kier alpha value is -3.36. The summed E-state index contributed by atoms with van der Waals surface area (Å²) in [6.45, 7) is 6.51. The molecule has 2 N–H and O–H groups in total. The Balaban J connectivity index is 1.68. The lowest BCUT2D eigenvalue weighted by Gasteiger charge is -2.33. The first-order chi connectivity index (χ1) is 14.1. The average Bonchev–Trinajstić information content (AvgIpc) is 3.04. The normalized spacial score (nSPS) is 15.6. The number of piperidine rings is 1. The van der Waals surface area contributed by atoms with Gasteiger partial charge in [-0.2, -0.15) is 5.10 Å². The van der Waals surface area contributed by atoms with E-state index in [0.717, 1.165) is 0 Å². The number of benzene rings is 1. The van der Waals surface area contributed by atoms with Crippen molar-refractivity contribution in [3.8, 4) is 0 Å². The number of amides is 1. The van der Waals surface area contributed by atoms with Crippen molar-refractivity contribution < 1.29 is 19.4 Å². The summed E-state index contributed by atoms with van der Waals surface area (Å²) >= 11 is 0. The second-order valence-electron chi connectivity index (χ2n) is 8.57. The number of aromatic amines is 1. The monoisotopic (exact) mass is 412 g/mol. The number of aromatic nitrogens is 3. The number of ether oxygens (including phenoxy) is 1. The molecule has 9 heteroatoms. The summed E-state index contributed by atoms with van der Waals surface area (Å²) in [6, 6.07) is 6.36. The molecule has 1 amide bonds. The number of likely N-dealkylation sites (tertiary alicyclic amines) is 1. The highest BCUT2D eigenvalue weighted by molar-refractivity contribution is 6.08. The summed E-state index contributed by atoms with van der Waals surface area (Å²) < 4.78 is 7.07. The minimum Gasteiger partial charge on any atom is -0.478 e. The fourth-order valence-electron chi connectivity index (χ4n) is 3.94. The average molecular weight is 412 g/mol. The van der Waals surface area contributed by atoms with E-state index in [9.17, 15) is 19.5 Å². The molecule has 1 aliphatic rings. The predicted octanol–water partition coefficient (Wildman–Crippen LogP) is 2.99. The van der Waals surface area contributed by atoms with Gasteiger partial charge in [0.1, 0.15) is 11.2 Å². The number of nitrogens with one attached hydrogen (secondary N) is 1. The van der Waals surface area contributed by atoms with E-state index in [2.05, 4.69) is 10.1 Å². The summed E-state index contributed by atoms with van der Waals surface area (Å²) in [5.41, 5.74) is 0.822. The molecule has 1 saturated heterocycles. The molecule has 0 atom stereocenters. The Morgan fingerprint density at radius 2 is 1.93 bits per heavy atom. The maximum absolute atomic E-state index is 12.4. The van der Waals surface area contributed by atoms with E-state index in [4.69, 9.17) is 4.74 Å². The van der Waals surface area contributed by atoms with Crippen LogP contribution in [0, 0.1) is 0 Å². The number of H-pyrrole nitrogens is 1. The van der Waals surface area contributed by atoms with Gasteiger partial charge in [0.25, 0.3) is 5.56 Å². The minimum absolute atomic E-state index is 0.0103. The number of hydrogen-bond donors (Lipinski definition) is 2. The van der Waals surface area contributed by atoms with Crippen LogP contribution in [0.15, 0.2) is 29.1 Å². The van der Waals surface area contributed by atoms with Gasteiger partial charge >= 0.3 is 12.1 Å². The van der Waals surface area contributed by atoms with E-state index in [1.807, 2.05) is 20.8 Å². The van der Waals surface area contributed by atoms with Crippen LogP contribution < -0.4 is 5.56 Å². The van der Waals surface area contributed by atoms with E-state index < -0.39 is 11.6 Å². The van der Waals surface area contributed by atoms with Crippen LogP contribution >= 0.6 is 0 Å². The van der Waals surface area contributed by atoms with Crippen LogP contribution in [0.4, 0.5) is 4.79 Å². The zero-order valence-electron chi connectivity index (χ0n) is 17.1. The maximum Gasteiger partial charge on any atom is 0.410 e. The van der Waals surface area contributed by atoms with Gasteiger partial charge in [-0.1, -0.05) is 6.07 Å². The van der Waals surface area contributed by atoms with Crippen molar-refractivity contribution in [2.24, 2.45) is 0 Å². The van der Waals surface area contributed by atoms with Crippen LogP contribution in [0.2, 0.25) is 0 Å². The molecule has 0 aliphatic carbocycles. The summed E-state index contributed by atoms with van der Waals surface area (Å²) in [7, 11) is 0. The third-order valence-corrected chi connectivity index (χ3v) is 5.26. The summed E-state index contributed by atoms with van der Waals surface area (Å²) in [6.07, 6.45) is 0.965. The molecule has 4 rings (SSSR count). The summed E-state index contributed by atoms with van der Waals surface area (Å²) in [5.74, 6) is -1.07. The van der Waals surface area contributed by atoms with Crippen LogP contribution in [0.5, 0.6) is 0 Å². The number of nitrogens with zero attached hydrogens (tertiary/aromatic N) is 3. The molecule has 30 heavy (non-hydrogen) atoms. The zero-order chi connectivity index (χ0) is 21.6. The zero-order valence-corrected chi connectivity index (χ0v) is 17.1. The number of hydrogen-bond acceptors (Lipinski definition) is 5. The van der Waals surface area contributed by atoms with Crippen molar-refractivity contribution in [2.45, 2.75) is 45.1 Å². The number of carbonyl (C=O) groups excluding carboxylic acids is 1. The van der Waals surface area contributed by atoms with Crippen LogP contribution in [0.1, 0.15) is 55.6 Å². The second kappa shape index (κ2) is 7.16. The van der Waals surface area contributed by atoms with Crippen molar-refractivity contribution in [3.05, 3.63) is 45.9 Å². The molecule has 0 unspecified atom stereocenters. The largest absolute Gasteiger partial charge is 0.478 e. The van der Waals surface area contributed by atoms with Gasteiger partial charge in [0.05, 0.1) is 22.2 Å². The Bertz CT molecular complexity index is 1200. The lowest BCUT2D eigenvalue weighted by atomic mass is 9.93. The SMILES string of the molecule is CC(C)(C)OC(=O)N1CCC(c2cc(=O)[nH]c3c4c(C(=O)O)cccc4nn23)CC1. The number of rotatable bonds is 2.